The van der Waals surface area contributed by atoms with Crippen LogP contribution >= 0.6 is 0 Å². The number of aryl methyl sites for hydroxylation is 1. The van der Waals surface area contributed by atoms with E-state index < -0.39 is 0 Å². The smallest absolute Gasteiger partial charge is 0.165 e. The fourth-order valence-corrected chi connectivity index (χ4v) is 1.65. The number of hydrogen-bond acceptors (Lipinski definition) is 5. The SMILES string of the molecule is Cn1cnc2c(N)nc(-c3cccnc3)nc21. The molecule has 6 nitrogen and oxygen atoms in total. The van der Waals surface area contributed by atoms with Gasteiger partial charge in [-0.25, -0.2) is 15.0 Å². The van der Waals surface area contributed by atoms with E-state index in [9.17, 15) is 0 Å². The summed E-state index contributed by atoms with van der Waals surface area (Å²) in [6.45, 7) is 0. The molecule has 0 fully saturated rings. The van der Waals surface area contributed by atoms with Crippen molar-refractivity contribution < 1.29 is 0 Å². The summed E-state index contributed by atoms with van der Waals surface area (Å²) in [6.07, 6.45) is 5.08. The molecule has 0 radical (unpaired) electrons. The first-order valence-electron chi connectivity index (χ1n) is 5.10. The van der Waals surface area contributed by atoms with Gasteiger partial charge in [0.1, 0.15) is 5.52 Å². The standard InChI is InChI=1S/C11H10N6/c1-17-6-14-8-9(12)15-10(16-11(8)17)7-3-2-4-13-5-7/h2-6H,1H3,(H2,12,15,16). The van der Waals surface area contributed by atoms with E-state index in [4.69, 9.17) is 5.73 Å². The summed E-state index contributed by atoms with van der Waals surface area (Å²) < 4.78 is 1.81. The molecular formula is C11H10N6. The number of rotatable bonds is 1. The van der Waals surface area contributed by atoms with Crippen LogP contribution < -0.4 is 5.73 Å². The second kappa shape index (κ2) is 3.51. The second-order valence-electron chi connectivity index (χ2n) is 3.70. The summed E-state index contributed by atoms with van der Waals surface area (Å²) in [5.74, 6) is 0.946. The lowest BCUT2D eigenvalue weighted by atomic mass is 10.2. The molecule has 84 valence electrons. The quantitative estimate of drug-likeness (QED) is 0.669. The van der Waals surface area contributed by atoms with E-state index in [1.54, 1.807) is 18.7 Å². The fourth-order valence-electron chi connectivity index (χ4n) is 1.65. The molecule has 0 aliphatic heterocycles. The van der Waals surface area contributed by atoms with Gasteiger partial charge in [0.05, 0.1) is 6.33 Å². The maximum absolute atomic E-state index is 5.86. The van der Waals surface area contributed by atoms with Gasteiger partial charge < -0.3 is 10.3 Å². The lowest BCUT2D eigenvalue weighted by Gasteiger charge is -2.02. The van der Waals surface area contributed by atoms with Crippen molar-refractivity contribution in [3.05, 3.63) is 30.9 Å². The normalized spacial score (nSPS) is 10.9. The molecule has 17 heavy (non-hydrogen) atoms. The van der Waals surface area contributed by atoms with Gasteiger partial charge in [0, 0.05) is 25.0 Å². The Morgan fingerprint density at radius 1 is 1.29 bits per heavy atom. The van der Waals surface area contributed by atoms with Crippen LogP contribution in [0, 0.1) is 0 Å². The number of anilines is 1. The Kier molecular flexibility index (Phi) is 2.01. The molecule has 0 unspecified atom stereocenters. The molecule has 0 saturated heterocycles. The topological polar surface area (TPSA) is 82.5 Å². The lowest BCUT2D eigenvalue weighted by Crippen LogP contribution is -1.99. The molecule has 0 aliphatic carbocycles. The summed E-state index contributed by atoms with van der Waals surface area (Å²) in [7, 11) is 1.87. The molecule has 3 aromatic heterocycles. The number of aromatic nitrogens is 5. The first kappa shape index (κ1) is 9.71. The number of fused-ring (bicyclic) bond motifs is 1. The molecule has 0 saturated carbocycles. The molecule has 3 aromatic rings. The van der Waals surface area contributed by atoms with E-state index in [1.165, 1.54) is 0 Å². The zero-order valence-corrected chi connectivity index (χ0v) is 9.20. The van der Waals surface area contributed by atoms with E-state index in [0.717, 1.165) is 11.2 Å². The van der Waals surface area contributed by atoms with E-state index >= 15 is 0 Å². The van der Waals surface area contributed by atoms with Crippen molar-refractivity contribution >= 4 is 17.0 Å². The van der Waals surface area contributed by atoms with Crippen LogP contribution in [0.1, 0.15) is 0 Å². The predicted octanol–water partition coefficient (Wildman–Crippen LogP) is 1.01. The highest BCUT2D eigenvalue weighted by molar-refractivity contribution is 5.83. The molecule has 2 N–H and O–H groups in total. The minimum atomic E-state index is 0.384. The van der Waals surface area contributed by atoms with Gasteiger partial charge in [0.2, 0.25) is 0 Å². The molecule has 0 spiro atoms. The van der Waals surface area contributed by atoms with Gasteiger partial charge >= 0.3 is 0 Å². The maximum atomic E-state index is 5.86. The monoisotopic (exact) mass is 226 g/mol. The van der Waals surface area contributed by atoms with Gasteiger partial charge in [-0.2, -0.15) is 0 Å². The Labute approximate surface area is 97.2 Å². The average Bonchev–Trinajstić information content (AvgIpc) is 2.73. The summed E-state index contributed by atoms with van der Waals surface area (Å²) in [4.78, 5) is 16.9. The first-order chi connectivity index (χ1) is 8.25. The van der Waals surface area contributed by atoms with E-state index in [-0.39, 0.29) is 0 Å². The Morgan fingerprint density at radius 3 is 2.94 bits per heavy atom. The largest absolute Gasteiger partial charge is 0.382 e. The van der Waals surface area contributed by atoms with Gasteiger partial charge in [-0.15, -0.1) is 0 Å². The van der Waals surface area contributed by atoms with Gasteiger partial charge in [-0.3, -0.25) is 4.98 Å². The van der Waals surface area contributed by atoms with Crippen LogP contribution in [-0.2, 0) is 7.05 Å². The number of imidazole rings is 1. The van der Waals surface area contributed by atoms with Crippen LogP contribution in [-0.4, -0.2) is 24.5 Å². The lowest BCUT2D eigenvalue weighted by molar-refractivity contribution is 0.929. The van der Waals surface area contributed by atoms with Crippen LogP contribution in [0.25, 0.3) is 22.6 Å². The minimum Gasteiger partial charge on any atom is -0.382 e. The fraction of sp³-hybridized carbons (Fsp3) is 0.0909. The summed E-state index contributed by atoms with van der Waals surface area (Å²) in [5.41, 5.74) is 8.04. The van der Waals surface area contributed by atoms with Gasteiger partial charge in [-0.05, 0) is 12.1 Å². The molecule has 0 aromatic carbocycles. The molecule has 0 bridgehead atoms. The predicted molar refractivity (Wildman–Crippen MR) is 63.9 cm³/mol. The highest BCUT2D eigenvalue weighted by Crippen LogP contribution is 2.20. The number of nitrogens with zero attached hydrogens (tertiary/aromatic N) is 5. The zero-order chi connectivity index (χ0) is 11.8. The van der Waals surface area contributed by atoms with Crippen molar-refractivity contribution in [2.24, 2.45) is 7.05 Å². The van der Waals surface area contributed by atoms with E-state index in [0.29, 0.717) is 17.2 Å². The third kappa shape index (κ3) is 1.50. The second-order valence-corrected chi connectivity index (χ2v) is 3.70. The molecule has 6 heteroatoms. The van der Waals surface area contributed by atoms with Crippen molar-refractivity contribution in [1.82, 2.24) is 24.5 Å². The summed E-state index contributed by atoms with van der Waals surface area (Å²) >= 11 is 0. The molecule has 3 rings (SSSR count). The Hall–Kier alpha value is -2.50. The van der Waals surface area contributed by atoms with Crippen molar-refractivity contribution in [3.8, 4) is 11.4 Å². The molecule has 0 aliphatic rings. The van der Waals surface area contributed by atoms with Crippen LogP contribution in [0.15, 0.2) is 30.9 Å². The minimum absolute atomic E-state index is 0.384. The van der Waals surface area contributed by atoms with Crippen LogP contribution in [0.4, 0.5) is 5.82 Å². The van der Waals surface area contributed by atoms with Crippen molar-refractivity contribution in [1.29, 1.82) is 0 Å². The van der Waals surface area contributed by atoms with Crippen LogP contribution in [0.5, 0.6) is 0 Å². The number of nitrogens with two attached hydrogens (primary N) is 1. The number of pyridine rings is 1. The molecular weight excluding hydrogens is 216 g/mol. The summed E-state index contributed by atoms with van der Waals surface area (Å²) in [5, 5.41) is 0. The van der Waals surface area contributed by atoms with Gasteiger partial charge in [-0.1, -0.05) is 0 Å². The zero-order valence-electron chi connectivity index (χ0n) is 9.20. The van der Waals surface area contributed by atoms with Gasteiger partial charge in [0.15, 0.2) is 17.3 Å². The molecule has 0 atom stereocenters. The highest BCUT2D eigenvalue weighted by Gasteiger charge is 2.10. The Bertz CT molecular complexity index is 673. The van der Waals surface area contributed by atoms with Crippen molar-refractivity contribution in [3.63, 3.8) is 0 Å². The summed E-state index contributed by atoms with van der Waals surface area (Å²) in [6, 6.07) is 3.73. The Morgan fingerprint density at radius 2 is 2.18 bits per heavy atom. The molecule has 0 amide bonds. The molecule has 3 heterocycles. The highest BCUT2D eigenvalue weighted by atomic mass is 15.1. The maximum Gasteiger partial charge on any atom is 0.165 e. The number of hydrogen-bond donors (Lipinski definition) is 1. The first-order valence-corrected chi connectivity index (χ1v) is 5.10. The van der Waals surface area contributed by atoms with E-state index in [2.05, 4.69) is 19.9 Å². The number of nitrogen functional groups attached to an aromatic ring is 1. The van der Waals surface area contributed by atoms with Crippen molar-refractivity contribution in [2.45, 2.75) is 0 Å². The third-order valence-electron chi connectivity index (χ3n) is 2.51. The average molecular weight is 226 g/mol. The van der Waals surface area contributed by atoms with Crippen LogP contribution in [0.2, 0.25) is 0 Å². The Balaban J connectivity index is 2.28. The van der Waals surface area contributed by atoms with Crippen molar-refractivity contribution in [2.75, 3.05) is 5.73 Å². The third-order valence-corrected chi connectivity index (χ3v) is 2.51. The van der Waals surface area contributed by atoms with E-state index in [1.807, 2.05) is 23.7 Å². The van der Waals surface area contributed by atoms with Gasteiger partial charge in [0.25, 0.3) is 0 Å². The van der Waals surface area contributed by atoms with Crippen LogP contribution in [0.3, 0.4) is 0 Å².